The summed E-state index contributed by atoms with van der Waals surface area (Å²) in [5.74, 6) is 0. The molecule has 0 aliphatic carbocycles. The fourth-order valence-electron chi connectivity index (χ4n) is 3.78. The van der Waals surface area contributed by atoms with Crippen molar-refractivity contribution in [1.29, 1.82) is 0 Å². The van der Waals surface area contributed by atoms with Crippen molar-refractivity contribution in [2.45, 2.75) is 58.7 Å². The third-order valence-corrected chi connectivity index (χ3v) is 12.5. The molecule has 0 aromatic heterocycles. The number of benzene rings is 4. The van der Waals surface area contributed by atoms with Crippen LogP contribution in [0.25, 0.3) is 0 Å². The minimum absolute atomic E-state index is 0. The Bertz CT molecular complexity index is 1900. The van der Waals surface area contributed by atoms with Crippen LogP contribution in [0.3, 0.4) is 0 Å². The molecule has 12 nitrogen and oxygen atoms in total. The minimum Gasteiger partial charge on any atom is -0.744 e. The summed E-state index contributed by atoms with van der Waals surface area (Å²) in [5, 5.41) is 0. The molecule has 24 heteroatoms. The Morgan fingerprint density at radius 1 is 0.292 bits per heavy atom. The van der Waals surface area contributed by atoms with Gasteiger partial charge in [-0.05, 0) is 72.8 Å². The topological polar surface area (TPSA) is 229 Å². The van der Waals surface area contributed by atoms with Crippen LogP contribution in [-0.4, -0.2) is 51.9 Å². The van der Waals surface area contributed by atoms with Gasteiger partial charge in [0.2, 0.25) is 0 Å². The van der Waals surface area contributed by atoms with Gasteiger partial charge in [-0.3, -0.25) is 0 Å². The van der Waals surface area contributed by atoms with Crippen LogP contribution >= 0.6 is 47.0 Å². The van der Waals surface area contributed by atoms with Gasteiger partial charge in [0.25, 0.3) is 0 Å². The van der Waals surface area contributed by atoms with Crippen molar-refractivity contribution in [2.24, 2.45) is 0 Å². The van der Waals surface area contributed by atoms with Crippen molar-refractivity contribution in [3.63, 3.8) is 0 Å². The Hall–Kier alpha value is 1.92. The maximum atomic E-state index is 12.0. The molecule has 0 unspecified atom stereocenters. The molecular formula is C24H12Na4O12S8. The van der Waals surface area contributed by atoms with Crippen LogP contribution in [0.5, 0.6) is 0 Å². The first-order chi connectivity index (χ1) is 20.2. The molecule has 0 amide bonds. The molecular weight excluding hydrogens is 829 g/mol. The van der Waals surface area contributed by atoms with Crippen LogP contribution in [0, 0.1) is 0 Å². The maximum absolute atomic E-state index is 12.0. The zero-order valence-corrected chi connectivity index (χ0v) is 39.6. The molecule has 232 valence electrons. The first-order valence-electron chi connectivity index (χ1n) is 11.4. The summed E-state index contributed by atoms with van der Waals surface area (Å²) >= 11 is 3.19. The number of hydrogen-bond donors (Lipinski definition) is 0. The molecule has 1 aliphatic rings. The van der Waals surface area contributed by atoms with E-state index in [4.69, 9.17) is 0 Å². The average Bonchev–Trinajstić information content (AvgIpc) is 2.85. The summed E-state index contributed by atoms with van der Waals surface area (Å²) in [6.45, 7) is 0. The zero-order chi connectivity index (χ0) is 32.2. The van der Waals surface area contributed by atoms with E-state index in [-0.39, 0.29) is 157 Å². The van der Waals surface area contributed by atoms with Gasteiger partial charge in [-0.2, -0.15) is 0 Å². The first-order valence-corrected chi connectivity index (χ1v) is 20.3. The van der Waals surface area contributed by atoms with Crippen LogP contribution in [0.1, 0.15) is 0 Å². The van der Waals surface area contributed by atoms with Crippen molar-refractivity contribution in [3.05, 3.63) is 72.8 Å². The van der Waals surface area contributed by atoms with Gasteiger partial charge in [-0.1, -0.05) is 47.0 Å². The van der Waals surface area contributed by atoms with Crippen molar-refractivity contribution < 1.29 is 170 Å². The Kier molecular flexibility index (Phi) is 18.5. The van der Waals surface area contributed by atoms with Gasteiger partial charge in [0.15, 0.2) is 0 Å². The zero-order valence-electron chi connectivity index (χ0n) is 25.1. The quantitative estimate of drug-likeness (QED) is 0.121. The van der Waals surface area contributed by atoms with E-state index in [0.29, 0.717) is 0 Å². The van der Waals surface area contributed by atoms with E-state index in [1.807, 2.05) is 0 Å². The molecule has 0 radical (unpaired) electrons. The van der Waals surface area contributed by atoms with Gasteiger partial charge < -0.3 is 18.2 Å². The van der Waals surface area contributed by atoms with E-state index in [9.17, 15) is 51.9 Å². The standard InChI is InChI=1S/C24H16O12S8.4Na/c25-41(26,27)21-5-13-1-14(6-21)38-16-3-18(10-23(8-16)43(31,32)33)40-20-4-19(11-24(12-20)44(34,35)36)39-17-2-15(37-13)7-22(9-17)42(28,29)30;;;;/h1-12H,(H,25,26,27)(H,28,29,30)(H,31,32,33)(H,34,35,36);;;;/q;4*+1/p-4. The van der Waals surface area contributed by atoms with Crippen molar-refractivity contribution in [2.75, 3.05) is 0 Å². The molecule has 1 heterocycles. The summed E-state index contributed by atoms with van der Waals surface area (Å²) in [4.78, 5) is -1.65. The van der Waals surface area contributed by atoms with Crippen LogP contribution < -0.4 is 118 Å². The maximum Gasteiger partial charge on any atom is 1.00 e. The monoisotopic (exact) mass is 840 g/mol. The van der Waals surface area contributed by atoms with E-state index in [0.717, 1.165) is 95.6 Å². The normalized spacial score (nSPS) is 13.1. The number of rotatable bonds is 4. The second-order valence-corrected chi connectivity index (χ2v) is 18.9. The summed E-state index contributed by atoms with van der Waals surface area (Å²) < 4.78 is 144. The fraction of sp³-hybridized carbons (Fsp3) is 0. The summed E-state index contributed by atoms with van der Waals surface area (Å²) in [6.07, 6.45) is 0. The van der Waals surface area contributed by atoms with Crippen LogP contribution in [0.15, 0.2) is 132 Å². The Morgan fingerprint density at radius 3 is 0.521 bits per heavy atom. The third kappa shape index (κ3) is 13.0. The molecule has 1 aliphatic heterocycles. The summed E-state index contributed by atoms with van der Waals surface area (Å²) in [7, 11) is -20.1. The molecule has 4 aromatic carbocycles. The largest absolute Gasteiger partial charge is 1.00 e. The van der Waals surface area contributed by atoms with Crippen LogP contribution in [0.4, 0.5) is 0 Å². The van der Waals surface area contributed by atoms with Gasteiger partial charge in [0.1, 0.15) is 40.5 Å². The Morgan fingerprint density at radius 2 is 0.417 bits per heavy atom. The van der Waals surface area contributed by atoms with Crippen molar-refractivity contribution in [1.82, 2.24) is 0 Å². The van der Waals surface area contributed by atoms with Gasteiger partial charge in [-0.15, -0.1) is 0 Å². The number of fused-ring (bicyclic) bond motifs is 8. The van der Waals surface area contributed by atoms with Crippen molar-refractivity contribution >= 4 is 87.5 Å². The molecule has 5 rings (SSSR count). The molecule has 0 saturated heterocycles. The molecule has 0 atom stereocenters. The molecule has 0 saturated carbocycles. The Balaban J connectivity index is 0.00000288. The molecule has 0 spiro atoms. The third-order valence-electron chi connectivity index (χ3n) is 5.51. The predicted octanol–water partition coefficient (Wildman–Crippen LogP) is -7.76. The molecule has 0 fully saturated rings. The molecule has 8 bridgehead atoms. The van der Waals surface area contributed by atoms with Crippen molar-refractivity contribution in [3.8, 4) is 0 Å². The van der Waals surface area contributed by atoms with E-state index in [1.165, 1.54) is 24.3 Å². The van der Waals surface area contributed by atoms with E-state index >= 15 is 0 Å². The SMILES string of the molecule is O=S(=O)([O-])c1cc2cc(c1)Sc1cc(cc(S(=O)(=O)[O-])c1)Sc1cc(cc(S(=O)(=O)[O-])c1)Sc1cc(cc(S(=O)(=O)[O-])c1)S2.[Na+].[Na+].[Na+].[Na+]. The first kappa shape index (κ1) is 47.9. The van der Waals surface area contributed by atoms with Gasteiger partial charge in [0, 0.05) is 39.2 Å². The molecule has 0 N–H and O–H groups in total. The average molecular weight is 841 g/mol. The minimum atomic E-state index is -5.02. The predicted molar refractivity (Wildman–Crippen MR) is 154 cm³/mol. The van der Waals surface area contributed by atoms with E-state index in [2.05, 4.69) is 0 Å². The summed E-state index contributed by atoms with van der Waals surface area (Å²) in [6, 6.07) is 13.9. The fourth-order valence-corrected chi connectivity index (χ4v) is 10.9. The van der Waals surface area contributed by atoms with Gasteiger partial charge >= 0.3 is 118 Å². The number of hydrogen-bond acceptors (Lipinski definition) is 16. The summed E-state index contributed by atoms with van der Waals surface area (Å²) in [5.41, 5.74) is 0. The second-order valence-electron chi connectivity index (χ2n) is 8.79. The van der Waals surface area contributed by atoms with E-state index < -0.39 is 60.1 Å². The molecule has 4 aromatic rings. The smallest absolute Gasteiger partial charge is 0.744 e. The van der Waals surface area contributed by atoms with Gasteiger partial charge in [0.05, 0.1) is 19.6 Å². The second kappa shape index (κ2) is 18.5. The van der Waals surface area contributed by atoms with Crippen LogP contribution in [0.2, 0.25) is 0 Å². The van der Waals surface area contributed by atoms with Gasteiger partial charge in [-0.25, -0.2) is 33.7 Å². The Labute approximate surface area is 382 Å². The molecule has 48 heavy (non-hydrogen) atoms. The van der Waals surface area contributed by atoms with Crippen LogP contribution in [-0.2, 0) is 40.5 Å². The van der Waals surface area contributed by atoms with E-state index in [1.54, 1.807) is 0 Å².